The van der Waals surface area contributed by atoms with Gasteiger partial charge >= 0.3 is 0 Å². The number of ether oxygens (including phenoxy) is 1. The number of hydrogen-bond donors (Lipinski definition) is 3. The highest BCUT2D eigenvalue weighted by atomic mass is 16.5. The highest BCUT2D eigenvalue weighted by Gasteiger charge is 2.18. The maximum absolute atomic E-state index is 9.68. The number of pyridine rings is 2. The lowest BCUT2D eigenvalue weighted by molar-refractivity contribution is 0.276. The van der Waals surface area contributed by atoms with E-state index in [1.807, 2.05) is 49.6 Å². The molecule has 10 nitrogen and oxygen atoms in total. The van der Waals surface area contributed by atoms with Crippen LogP contribution in [0.2, 0.25) is 0 Å². The Morgan fingerprint density at radius 3 is 2.79 bits per heavy atom. The van der Waals surface area contributed by atoms with Gasteiger partial charge in [-0.1, -0.05) is 12.1 Å². The van der Waals surface area contributed by atoms with Gasteiger partial charge in [0.1, 0.15) is 11.3 Å². The van der Waals surface area contributed by atoms with Gasteiger partial charge < -0.3 is 14.8 Å². The first-order valence-corrected chi connectivity index (χ1v) is 10.6. The number of aromatic nitrogens is 8. The molecule has 3 N–H and O–H groups in total. The number of imidazole rings is 1. The lowest BCUT2D eigenvalue weighted by Gasteiger charge is -2.04. The highest BCUT2D eigenvalue weighted by Crippen LogP contribution is 2.32. The van der Waals surface area contributed by atoms with Gasteiger partial charge in [-0.25, -0.2) is 9.97 Å². The largest absolute Gasteiger partial charge is 0.497 e. The molecule has 0 amide bonds. The van der Waals surface area contributed by atoms with Gasteiger partial charge in [-0.15, -0.1) is 0 Å². The predicted molar refractivity (Wildman–Crippen MR) is 127 cm³/mol. The second kappa shape index (κ2) is 7.78. The maximum atomic E-state index is 9.68. The second-order valence-electron chi connectivity index (χ2n) is 7.89. The molecule has 6 aromatic rings. The summed E-state index contributed by atoms with van der Waals surface area (Å²) in [4.78, 5) is 17.4. The van der Waals surface area contributed by atoms with Gasteiger partial charge in [-0.05, 0) is 29.8 Å². The van der Waals surface area contributed by atoms with Crippen molar-refractivity contribution in [1.82, 2.24) is 39.9 Å². The Balaban J connectivity index is 1.49. The number of hydrogen-bond acceptors (Lipinski definition) is 7. The Hall–Kier alpha value is -4.57. The Kier molecular flexibility index (Phi) is 4.59. The average Bonchev–Trinajstić information content (AvgIpc) is 3.59. The maximum Gasteiger partial charge on any atom is 0.161 e. The van der Waals surface area contributed by atoms with E-state index in [4.69, 9.17) is 14.7 Å². The number of nitrogens with zero attached hydrogens (tertiary/aromatic N) is 6. The zero-order valence-corrected chi connectivity index (χ0v) is 18.4. The van der Waals surface area contributed by atoms with Gasteiger partial charge in [0.05, 0.1) is 47.9 Å². The zero-order chi connectivity index (χ0) is 23.2. The molecule has 5 heterocycles. The summed E-state index contributed by atoms with van der Waals surface area (Å²) in [5.41, 5.74) is 7.48. The number of H-pyrrole nitrogens is 2. The van der Waals surface area contributed by atoms with Gasteiger partial charge in [-0.2, -0.15) is 10.2 Å². The minimum atomic E-state index is -0.169. The molecule has 0 aliphatic heterocycles. The van der Waals surface area contributed by atoms with Crippen LogP contribution in [-0.4, -0.2) is 52.1 Å². The number of fused-ring (bicyclic) bond motifs is 2. The van der Waals surface area contributed by atoms with Crippen LogP contribution in [-0.2, 0) is 13.7 Å². The summed E-state index contributed by atoms with van der Waals surface area (Å²) in [6, 6.07) is 11.6. The van der Waals surface area contributed by atoms with E-state index in [1.165, 1.54) is 0 Å². The number of aliphatic hydroxyl groups excluding tert-OH is 1. The van der Waals surface area contributed by atoms with Crippen molar-refractivity contribution in [2.45, 2.75) is 6.61 Å². The molecule has 1 aromatic carbocycles. The lowest BCUT2D eigenvalue weighted by Crippen LogP contribution is -1.92. The number of aliphatic hydroxyl groups is 1. The SMILES string of the molecule is COc1cccc(-c2cncc3[nH]c(-c4n[nH]c5ccc(-c6cn(C)nc6CO)nc45)nc23)c1. The number of aromatic amines is 2. The van der Waals surface area contributed by atoms with Gasteiger partial charge in [-0.3, -0.25) is 14.8 Å². The minimum Gasteiger partial charge on any atom is -0.497 e. The van der Waals surface area contributed by atoms with E-state index in [1.54, 1.807) is 24.2 Å². The first kappa shape index (κ1) is 20.1. The summed E-state index contributed by atoms with van der Waals surface area (Å²) in [5, 5.41) is 21.5. The van der Waals surface area contributed by atoms with E-state index < -0.39 is 0 Å². The third kappa shape index (κ3) is 3.20. The number of aryl methyl sites for hydroxylation is 1. The molecule has 6 rings (SSSR count). The number of rotatable bonds is 5. The summed E-state index contributed by atoms with van der Waals surface area (Å²) in [7, 11) is 3.45. The quantitative estimate of drug-likeness (QED) is 0.365. The molecule has 5 aromatic heterocycles. The molecule has 0 spiro atoms. The van der Waals surface area contributed by atoms with Crippen LogP contribution in [0.5, 0.6) is 5.75 Å². The second-order valence-corrected chi connectivity index (χ2v) is 7.89. The third-order valence-electron chi connectivity index (χ3n) is 5.74. The van der Waals surface area contributed by atoms with E-state index in [9.17, 15) is 5.11 Å². The molecule has 10 heteroatoms. The van der Waals surface area contributed by atoms with E-state index >= 15 is 0 Å². The van der Waals surface area contributed by atoms with E-state index in [-0.39, 0.29) is 6.61 Å². The Labute approximate surface area is 193 Å². The molecule has 0 fully saturated rings. The Morgan fingerprint density at radius 1 is 1.03 bits per heavy atom. The Bertz CT molecular complexity index is 1660. The highest BCUT2D eigenvalue weighted by molar-refractivity contribution is 5.96. The van der Waals surface area contributed by atoms with Crippen molar-refractivity contribution in [1.29, 1.82) is 0 Å². The first-order valence-electron chi connectivity index (χ1n) is 10.6. The molecule has 0 unspecified atom stereocenters. The van der Waals surface area contributed by atoms with Crippen molar-refractivity contribution in [3.63, 3.8) is 0 Å². The number of methoxy groups -OCH3 is 1. The van der Waals surface area contributed by atoms with Gasteiger partial charge in [0.2, 0.25) is 0 Å². The van der Waals surface area contributed by atoms with Crippen molar-refractivity contribution in [2.75, 3.05) is 7.11 Å². The van der Waals surface area contributed by atoms with E-state index in [2.05, 4.69) is 25.3 Å². The summed E-state index contributed by atoms with van der Waals surface area (Å²) in [5.74, 6) is 1.34. The van der Waals surface area contributed by atoms with Crippen molar-refractivity contribution >= 4 is 22.1 Å². The summed E-state index contributed by atoms with van der Waals surface area (Å²) in [6.45, 7) is -0.169. The standard InChI is InChI=1S/C24H20N8O2/c1-32-11-16(20(12-33)31-32)17-6-7-18-22(26-17)23(30-29-18)24-27-19-10-25-9-15(21(19)28-24)13-4-3-5-14(8-13)34-2/h3-11,33H,12H2,1-2H3,(H,27,28)(H,29,30). The number of nitrogens with one attached hydrogen (secondary N) is 2. The van der Waals surface area contributed by atoms with Crippen LogP contribution in [0.25, 0.3) is 56.0 Å². The molecule has 0 aliphatic carbocycles. The van der Waals surface area contributed by atoms with Gasteiger partial charge in [0, 0.05) is 30.6 Å². The third-order valence-corrected chi connectivity index (χ3v) is 5.74. The average molecular weight is 452 g/mol. The van der Waals surface area contributed by atoms with Crippen LogP contribution < -0.4 is 4.74 Å². The summed E-state index contributed by atoms with van der Waals surface area (Å²) >= 11 is 0. The van der Waals surface area contributed by atoms with Crippen LogP contribution >= 0.6 is 0 Å². The molecule has 0 atom stereocenters. The van der Waals surface area contributed by atoms with E-state index in [0.29, 0.717) is 28.4 Å². The molecule has 0 saturated carbocycles. The summed E-state index contributed by atoms with van der Waals surface area (Å²) in [6.07, 6.45) is 5.37. The lowest BCUT2D eigenvalue weighted by atomic mass is 10.1. The molecular weight excluding hydrogens is 432 g/mol. The van der Waals surface area contributed by atoms with Crippen molar-refractivity contribution < 1.29 is 9.84 Å². The van der Waals surface area contributed by atoms with Crippen molar-refractivity contribution in [2.24, 2.45) is 7.05 Å². The fourth-order valence-corrected chi connectivity index (χ4v) is 4.13. The molecule has 34 heavy (non-hydrogen) atoms. The predicted octanol–water partition coefficient (Wildman–Crippen LogP) is 3.46. The molecular formula is C24H20N8O2. The van der Waals surface area contributed by atoms with Crippen LogP contribution in [0.1, 0.15) is 5.69 Å². The molecule has 168 valence electrons. The Morgan fingerprint density at radius 2 is 1.94 bits per heavy atom. The zero-order valence-electron chi connectivity index (χ0n) is 18.4. The first-order chi connectivity index (χ1) is 16.6. The summed E-state index contributed by atoms with van der Waals surface area (Å²) < 4.78 is 7.04. The molecule has 0 saturated heterocycles. The monoisotopic (exact) mass is 452 g/mol. The van der Waals surface area contributed by atoms with Crippen LogP contribution in [0, 0.1) is 0 Å². The molecule has 0 radical (unpaired) electrons. The smallest absolute Gasteiger partial charge is 0.161 e. The minimum absolute atomic E-state index is 0.169. The van der Waals surface area contributed by atoms with E-state index in [0.717, 1.165) is 39.0 Å². The number of benzene rings is 1. The van der Waals surface area contributed by atoms with Crippen molar-refractivity contribution in [3.8, 4) is 39.7 Å². The fraction of sp³-hybridized carbons (Fsp3) is 0.125. The van der Waals surface area contributed by atoms with Crippen LogP contribution in [0.3, 0.4) is 0 Å². The molecule has 0 bridgehead atoms. The fourth-order valence-electron chi connectivity index (χ4n) is 4.13. The molecule has 0 aliphatic rings. The van der Waals surface area contributed by atoms with Crippen molar-refractivity contribution in [3.05, 3.63) is 60.7 Å². The van der Waals surface area contributed by atoms with Gasteiger partial charge in [0.15, 0.2) is 11.5 Å². The van der Waals surface area contributed by atoms with Gasteiger partial charge in [0.25, 0.3) is 0 Å². The van der Waals surface area contributed by atoms with Crippen LogP contribution in [0.4, 0.5) is 0 Å². The van der Waals surface area contributed by atoms with Crippen LogP contribution in [0.15, 0.2) is 55.0 Å². The normalized spacial score (nSPS) is 11.5. The topological polar surface area (TPSA) is 130 Å².